The Morgan fingerprint density at radius 3 is 2.50 bits per heavy atom. The monoisotopic (exact) mass is 204 g/mol. The first-order chi connectivity index (χ1) is 6.42. The Morgan fingerprint density at radius 1 is 1.36 bits per heavy atom. The van der Waals surface area contributed by atoms with Crippen LogP contribution in [0.15, 0.2) is 18.2 Å². The Morgan fingerprint density at radius 2 is 2.00 bits per heavy atom. The fraction of sp³-hybridized carbons (Fsp3) is 0.400. The van der Waals surface area contributed by atoms with Crippen molar-refractivity contribution in [2.45, 2.75) is 26.4 Å². The van der Waals surface area contributed by atoms with E-state index in [0.29, 0.717) is 13.3 Å². The number of ether oxygens (including phenoxy) is 1. The van der Waals surface area contributed by atoms with Gasteiger partial charge in [-0.25, -0.2) is 4.39 Å². The molecule has 0 heterocycles. The van der Waals surface area contributed by atoms with Gasteiger partial charge in [-0.3, -0.25) is 0 Å². The molecule has 0 spiro atoms. The molecule has 0 N–H and O–H groups in total. The predicted molar refractivity (Wildman–Crippen MR) is 47.0 cm³/mol. The topological polar surface area (TPSA) is 9.23 Å². The molecule has 0 bridgehead atoms. The summed E-state index contributed by atoms with van der Waals surface area (Å²) in [6.07, 6.45) is -2.71. The molecule has 0 unspecified atom stereocenters. The van der Waals surface area contributed by atoms with Gasteiger partial charge in [-0.15, -0.1) is 0 Å². The molecular formula is C10H11F3O. The minimum atomic E-state index is -3.35. The van der Waals surface area contributed by atoms with Gasteiger partial charge in [0.25, 0.3) is 0 Å². The van der Waals surface area contributed by atoms with Crippen LogP contribution in [-0.4, -0.2) is 6.11 Å². The maximum atomic E-state index is 13.0. The highest BCUT2D eigenvalue weighted by Gasteiger charge is 2.24. The molecular weight excluding hydrogens is 193 g/mol. The Kier molecular flexibility index (Phi) is 3.03. The number of aryl methyl sites for hydroxylation is 1. The molecule has 0 aromatic heterocycles. The van der Waals surface area contributed by atoms with E-state index < -0.39 is 17.7 Å². The lowest BCUT2D eigenvalue weighted by Crippen LogP contribution is -2.19. The number of benzene rings is 1. The Bertz CT molecular complexity index is 318. The second-order valence-electron chi connectivity index (χ2n) is 3.03. The van der Waals surface area contributed by atoms with Crippen LogP contribution in [0, 0.1) is 5.82 Å². The minimum Gasteiger partial charge on any atom is -0.430 e. The predicted octanol–water partition coefficient (Wildman–Crippen LogP) is 3.38. The van der Waals surface area contributed by atoms with Crippen molar-refractivity contribution < 1.29 is 17.9 Å². The van der Waals surface area contributed by atoms with Crippen molar-refractivity contribution in [2.24, 2.45) is 0 Å². The van der Waals surface area contributed by atoms with Gasteiger partial charge in [-0.1, -0.05) is 13.0 Å². The fourth-order valence-electron chi connectivity index (χ4n) is 1.04. The average molecular weight is 204 g/mol. The smallest absolute Gasteiger partial charge is 0.395 e. The van der Waals surface area contributed by atoms with E-state index in [1.165, 1.54) is 12.1 Å². The Hall–Kier alpha value is -1.19. The first kappa shape index (κ1) is 10.9. The minimum absolute atomic E-state index is 0.406. The van der Waals surface area contributed by atoms with Crippen LogP contribution < -0.4 is 4.74 Å². The number of hydrogen-bond donors (Lipinski definition) is 0. The summed E-state index contributed by atoms with van der Waals surface area (Å²) in [7, 11) is 0. The lowest BCUT2D eigenvalue weighted by molar-refractivity contribution is -0.160. The van der Waals surface area contributed by atoms with Crippen molar-refractivity contribution in [3.63, 3.8) is 0 Å². The highest BCUT2D eigenvalue weighted by atomic mass is 19.3. The van der Waals surface area contributed by atoms with Crippen molar-refractivity contribution in [3.8, 4) is 5.75 Å². The molecule has 0 atom stereocenters. The highest BCUT2D eigenvalue weighted by Crippen LogP contribution is 2.25. The van der Waals surface area contributed by atoms with Gasteiger partial charge in [0, 0.05) is 6.92 Å². The van der Waals surface area contributed by atoms with Gasteiger partial charge in [-0.05, 0) is 24.1 Å². The molecule has 0 saturated carbocycles. The van der Waals surface area contributed by atoms with Crippen LogP contribution >= 0.6 is 0 Å². The molecule has 0 aliphatic carbocycles. The molecule has 0 aliphatic rings. The van der Waals surface area contributed by atoms with E-state index >= 15 is 0 Å². The largest absolute Gasteiger partial charge is 0.430 e. The second kappa shape index (κ2) is 3.90. The third-order valence-corrected chi connectivity index (χ3v) is 1.69. The summed E-state index contributed by atoms with van der Waals surface area (Å²) in [6.45, 7) is 2.42. The van der Waals surface area contributed by atoms with Crippen molar-refractivity contribution in [1.29, 1.82) is 0 Å². The summed E-state index contributed by atoms with van der Waals surface area (Å²) in [5, 5.41) is 0. The summed E-state index contributed by atoms with van der Waals surface area (Å²) in [4.78, 5) is 0. The quantitative estimate of drug-likeness (QED) is 0.733. The van der Waals surface area contributed by atoms with Gasteiger partial charge >= 0.3 is 6.11 Å². The SMILES string of the molecule is CCc1ccc(F)c(OC(C)(F)F)c1. The standard InChI is InChI=1S/C10H11F3O/c1-3-7-4-5-8(11)9(6-7)14-10(2,12)13/h4-6H,3H2,1-2H3. The zero-order valence-corrected chi connectivity index (χ0v) is 7.98. The molecule has 0 saturated heterocycles. The van der Waals surface area contributed by atoms with E-state index in [9.17, 15) is 13.2 Å². The van der Waals surface area contributed by atoms with Gasteiger partial charge in [-0.2, -0.15) is 8.78 Å². The lowest BCUT2D eigenvalue weighted by atomic mass is 10.1. The van der Waals surface area contributed by atoms with Crippen LogP contribution in [0.4, 0.5) is 13.2 Å². The van der Waals surface area contributed by atoms with E-state index in [1.54, 1.807) is 0 Å². The number of alkyl halides is 2. The molecule has 0 amide bonds. The van der Waals surface area contributed by atoms with Crippen LogP contribution in [0.1, 0.15) is 19.4 Å². The van der Waals surface area contributed by atoms with E-state index in [-0.39, 0.29) is 0 Å². The highest BCUT2D eigenvalue weighted by molar-refractivity contribution is 5.30. The van der Waals surface area contributed by atoms with Crippen molar-refractivity contribution >= 4 is 0 Å². The fourth-order valence-corrected chi connectivity index (χ4v) is 1.04. The Balaban J connectivity index is 2.95. The van der Waals surface area contributed by atoms with E-state index in [2.05, 4.69) is 4.74 Å². The molecule has 4 heteroatoms. The number of halogens is 3. The molecule has 0 fully saturated rings. The normalized spacial score (nSPS) is 11.5. The van der Waals surface area contributed by atoms with Crippen LogP contribution in [0.5, 0.6) is 5.75 Å². The summed E-state index contributed by atoms with van der Waals surface area (Å²) in [5.74, 6) is -1.18. The summed E-state index contributed by atoms with van der Waals surface area (Å²) < 4.78 is 42.0. The summed E-state index contributed by atoms with van der Waals surface area (Å²) >= 11 is 0. The van der Waals surface area contributed by atoms with Crippen LogP contribution in [0.25, 0.3) is 0 Å². The van der Waals surface area contributed by atoms with Gasteiger partial charge in [0.15, 0.2) is 11.6 Å². The molecule has 0 aliphatic heterocycles. The van der Waals surface area contributed by atoms with E-state index in [1.807, 2.05) is 6.92 Å². The molecule has 1 rings (SSSR count). The van der Waals surface area contributed by atoms with Crippen molar-refractivity contribution in [1.82, 2.24) is 0 Å². The van der Waals surface area contributed by atoms with Gasteiger partial charge in [0.2, 0.25) is 0 Å². The average Bonchev–Trinajstić information content (AvgIpc) is 2.06. The third-order valence-electron chi connectivity index (χ3n) is 1.69. The molecule has 1 aromatic rings. The van der Waals surface area contributed by atoms with E-state index in [0.717, 1.165) is 11.6 Å². The zero-order chi connectivity index (χ0) is 10.8. The maximum absolute atomic E-state index is 13.0. The second-order valence-corrected chi connectivity index (χ2v) is 3.03. The first-order valence-corrected chi connectivity index (χ1v) is 4.27. The zero-order valence-electron chi connectivity index (χ0n) is 7.98. The van der Waals surface area contributed by atoms with Crippen LogP contribution in [0.2, 0.25) is 0 Å². The molecule has 0 radical (unpaired) electrons. The lowest BCUT2D eigenvalue weighted by Gasteiger charge is -2.14. The summed E-state index contributed by atoms with van der Waals surface area (Å²) in [6, 6.07) is 3.95. The van der Waals surface area contributed by atoms with Crippen LogP contribution in [0.3, 0.4) is 0 Å². The van der Waals surface area contributed by atoms with Crippen molar-refractivity contribution in [2.75, 3.05) is 0 Å². The Labute approximate surface area is 80.5 Å². The van der Waals surface area contributed by atoms with Crippen molar-refractivity contribution in [3.05, 3.63) is 29.6 Å². The van der Waals surface area contributed by atoms with Gasteiger partial charge < -0.3 is 4.74 Å². The number of rotatable bonds is 3. The third kappa shape index (κ3) is 2.94. The molecule has 14 heavy (non-hydrogen) atoms. The molecule has 1 nitrogen and oxygen atoms in total. The molecule has 1 aromatic carbocycles. The van der Waals surface area contributed by atoms with Gasteiger partial charge in [0.05, 0.1) is 0 Å². The van der Waals surface area contributed by atoms with Gasteiger partial charge in [0.1, 0.15) is 0 Å². The first-order valence-electron chi connectivity index (χ1n) is 4.27. The van der Waals surface area contributed by atoms with E-state index in [4.69, 9.17) is 0 Å². The maximum Gasteiger partial charge on any atom is 0.395 e. The molecule has 78 valence electrons. The summed E-state index contributed by atoms with van der Waals surface area (Å²) in [5.41, 5.74) is 0.755. The van der Waals surface area contributed by atoms with Crippen LogP contribution in [-0.2, 0) is 6.42 Å². The number of hydrogen-bond acceptors (Lipinski definition) is 1.